The van der Waals surface area contributed by atoms with Crippen molar-refractivity contribution in [2.75, 3.05) is 7.11 Å². The maximum Gasteiger partial charge on any atom is 0.137 e. The molecule has 0 saturated carbocycles. The number of pyridine rings is 1. The molecule has 0 amide bonds. The summed E-state index contributed by atoms with van der Waals surface area (Å²) in [5, 5.41) is 0. The predicted molar refractivity (Wildman–Crippen MR) is 43.4 cm³/mol. The molecule has 11 heavy (non-hydrogen) atoms. The van der Waals surface area contributed by atoms with E-state index in [1.807, 2.05) is 19.1 Å². The first-order valence-electron chi connectivity index (χ1n) is 3.49. The summed E-state index contributed by atoms with van der Waals surface area (Å²) in [5.41, 5.74) is 6.48. The molecule has 0 saturated heterocycles. The summed E-state index contributed by atoms with van der Waals surface area (Å²) in [7, 11) is 1.61. The summed E-state index contributed by atoms with van der Waals surface area (Å²) < 4.78 is 4.95. The van der Waals surface area contributed by atoms with Crippen LogP contribution in [-0.2, 0) is 0 Å². The number of methoxy groups -OCH3 is 1. The second-order valence-corrected chi connectivity index (χ2v) is 2.41. The van der Waals surface area contributed by atoms with E-state index in [1.165, 1.54) is 0 Å². The Kier molecular flexibility index (Phi) is 2.44. The Morgan fingerprint density at radius 1 is 1.55 bits per heavy atom. The molecular weight excluding hydrogens is 140 g/mol. The molecule has 3 nitrogen and oxygen atoms in total. The molecule has 3 heteroatoms. The van der Waals surface area contributed by atoms with Gasteiger partial charge in [-0.2, -0.15) is 0 Å². The average molecular weight is 152 g/mol. The Balaban J connectivity index is 2.83. The molecule has 1 rings (SSSR count). The van der Waals surface area contributed by atoms with Gasteiger partial charge in [-0.1, -0.05) is 0 Å². The van der Waals surface area contributed by atoms with E-state index in [1.54, 1.807) is 13.3 Å². The minimum atomic E-state index is -0.0130. The minimum absolute atomic E-state index is 0.0130. The third-order valence-electron chi connectivity index (χ3n) is 1.46. The van der Waals surface area contributed by atoms with Gasteiger partial charge in [0.05, 0.1) is 19.0 Å². The Labute approximate surface area is 66.2 Å². The van der Waals surface area contributed by atoms with E-state index < -0.39 is 0 Å². The summed E-state index contributed by atoms with van der Waals surface area (Å²) >= 11 is 0. The third-order valence-corrected chi connectivity index (χ3v) is 1.46. The van der Waals surface area contributed by atoms with Crippen molar-refractivity contribution in [1.29, 1.82) is 0 Å². The second kappa shape index (κ2) is 3.34. The van der Waals surface area contributed by atoms with E-state index in [0.29, 0.717) is 0 Å². The Morgan fingerprint density at radius 2 is 2.27 bits per heavy atom. The van der Waals surface area contributed by atoms with Crippen LogP contribution in [0.3, 0.4) is 0 Å². The van der Waals surface area contributed by atoms with Crippen LogP contribution in [0.4, 0.5) is 0 Å². The zero-order chi connectivity index (χ0) is 8.27. The van der Waals surface area contributed by atoms with Crippen LogP contribution in [-0.4, -0.2) is 12.1 Å². The molecular formula is C8H12N2O. The van der Waals surface area contributed by atoms with E-state index in [0.717, 1.165) is 11.4 Å². The summed E-state index contributed by atoms with van der Waals surface area (Å²) in [6.45, 7) is 1.90. The van der Waals surface area contributed by atoms with E-state index in [4.69, 9.17) is 10.5 Å². The summed E-state index contributed by atoms with van der Waals surface area (Å²) in [4.78, 5) is 4.10. The fourth-order valence-corrected chi connectivity index (χ4v) is 0.782. The monoisotopic (exact) mass is 152 g/mol. The minimum Gasteiger partial charge on any atom is -0.495 e. The van der Waals surface area contributed by atoms with Crippen molar-refractivity contribution in [3.8, 4) is 5.75 Å². The van der Waals surface area contributed by atoms with Gasteiger partial charge in [-0.05, 0) is 19.1 Å². The van der Waals surface area contributed by atoms with Gasteiger partial charge in [0.2, 0.25) is 0 Å². The summed E-state index contributed by atoms with van der Waals surface area (Å²) in [6.07, 6.45) is 1.67. The number of hydrogen-bond donors (Lipinski definition) is 1. The SMILES string of the molecule is COc1ccc(C(C)N)nc1. The van der Waals surface area contributed by atoms with Crippen LogP contribution in [0.2, 0.25) is 0 Å². The van der Waals surface area contributed by atoms with Gasteiger partial charge < -0.3 is 10.5 Å². The number of hydrogen-bond acceptors (Lipinski definition) is 3. The molecule has 0 aromatic carbocycles. The highest BCUT2D eigenvalue weighted by molar-refractivity contribution is 5.20. The van der Waals surface area contributed by atoms with Crippen molar-refractivity contribution in [3.63, 3.8) is 0 Å². The van der Waals surface area contributed by atoms with Gasteiger partial charge in [0.15, 0.2) is 0 Å². The van der Waals surface area contributed by atoms with Gasteiger partial charge in [0.25, 0.3) is 0 Å². The van der Waals surface area contributed by atoms with Crippen molar-refractivity contribution in [2.24, 2.45) is 5.73 Å². The summed E-state index contributed by atoms with van der Waals surface area (Å²) in [6, 6.07) is 3.70. The van der Waals surface area contributed by atoms with E-state index in [9.17, 15) is 0 Å². The van der Waals surface area contributed by atoms with Gasteiger partial charge in [-0.3, -0.25) is 4.98 Å². The molecule has 1 atom stereocenters. The Morgan fingerprint density at radius 3 is 2.64 bits per heavy atom. The van der Waals surface area contributed by atoms with Crippen LogP contribution in [0, 0.1) is 0 Å². The lowest BCUT2D eigenvalue weighted by Gasteiger charge is -2.04. The molecule has 1 heterocycles. The molecule has 0 aliphatic heterocycles. The molecule has 2 N–H and O–H groups in total. The quantitative estimate of drug-likeness (QED) is 0.690. The molecule has 1 unspecified atom stereocenters. The predicted octanol–water partition coefficient (Wildman–Crippen LogP) is 1.11. The molecule has 1 aromatic heterocycles. The number of ether oxygens (including phenoxy) is 1. The Hall–Kier alpha value is -1.09. The lowest BCUT2D eigenvalue weighted by Crippen LogP contribution is -2.06. The number of rotatable bonds is 2. The zero-order valence-corrected chi connectivity index (χ0v) is 6.74. The average Bonchev–Trinajstić information content (AvgIpc) is 2.05. The third kappa shape index (κ3) is 1.91. The van der Waals surface area contributed by atoms with E-state index >= 15 is 0 Å². The maximum atomic E-state index is 5.60. The highest BCUT2D eigenvalue weighted by atomic mass is 16.5. The second-order valence-electron chi connectivity index (χ2n) is 2.41. The van der Waals surface area contributed by atoms with Crippen molar-refractivity contribution < 1.29 is 4.74 Å². The van der Waals surface area contributed by atoms with Crippen LogP contribution < -0.4 is 10.5 Å². The van der Waals surface area contributed by atoms with E-state index in [2.05, 4.69) is 4.98 Å². The lowest BCUT2D eigenvalue weighted by atomic mass is 10.2. The standard InChI is InChI=1S/C8H12N2O/c1-6(9)8-4-3-7(11-2)5-10-8/h3-6H,9H2,1-2H3. The lowest BCUT2D eigenvalue weighted by molar-refractivity contribution is 0.412. The van der Waals surface area contributed by atoms with Crippen LogP contribution in [0.15, 0.2) is 18.3 Å². The largest absolute Gasteiger partial charge is 0.495 e. The van der Waals surface area contributed by atoms with Gasteiger partial charge >= 0.3 is 0 Å². The van der Waals surface area contributed by atoms with Crippen molar-refractivity contribution in [3.05, 3.63) is 24.0 Å². The molecule has 0 spiro atoms. The summed E-state index contributed by atoms with van der Waals surface area (Å²) in [5.74, 6) is 0.759. The molecule has 0 fully saturated rings. The number of nitrogens with zero attached hydrogens (tertiary/aromatic N) is 1. The van der Waals surface area contributed by atoms with Crippen LogP contribution in [0.1, 0.15) is 18.7 Å². The van der Waals surface area contributed by atoms with Gasteiger partial charge in [0.1, 0.15) is 5.75 Å². The zero-order valence-electron chi connectivity index (χ0n) is 6.74. The van der Waals surface area contributed by atoms with Gasteiger partial charge in [-0.15, -0.1) is 0 Å². The fraction of sp³-hybridized carbons (Fsp3) is 0.375. The van der Waals surface area contributed by atoms with Crippen LogP contribution in [0.25, 0.3) is 0 Å². The molecule has 0 aliphatic rings. The van der Waals surface area contributed by atoms with E-state index in [-0.39, 0.29) is 6.04 Å². The molecule has 0 radical (unpaired) electrons. The molecule has 1 aromatic rings. The van der Waals surface area contributed by atoms with Crippen LogP contribution in [0.5, 0.6) is 5.75 Å². The first kappa shape index (κ1) is 8.01. The number of aromatic nitrogens is 1. The highest BCUT2D eigenvalue weighted by Crippen LogP contribution is 2.11. The van der Waals surface area contributed by atoms with Crippen LogP contribution >= 0.6 is 0 Å². The maximum absolute atomic E-state index is 5.60. The number of nitrogens with two attached hydrogens (primary N) is 1. The van der Waals surface area contributed by atoms with Crippen molar-refractivity contribution >= 4 is 0 Å². The first-order valence-corrected chi connectivity index (χ1v) is 3.49. The highest BCUT2D eigenvalue weighted by Gasteiger charge is 1.99. The topological polar surface area (TPSA) is 48.1 Å². The molecule has 60 valence electrons. The normalized spacial score (nSPS) is 12.6. The smallest absolute Gasteiger partial charge is 0.137 e. The van der Waals surface area contributed by atoms with Gasteiger partial charge in [0, 0.05) is 6.04 Å². The van der Waals surface area contributed by atoms with Crippen molar-refractivity contribution in [2.45, 2.75) is 13.0 Å². The molecule has 0 aliphatic carbocycles. The molecule has 0 bridgehead atoms. The van der Waals surface area contributed by atoms with Gasteiger partial charge in [-0.25, -0.2) is 0 Å². The van der Waals surface area contributed by atoms with Crippen molar-refractivity contribution in [1.82, 2.24) is 4.98 Å². The first-order chi connectivity index (χ1) is 5.24. The fourth-order valence-electron chi connectivity index (χ4n) is 0.782. The Bertz CT molecular complexity index is 218.